The van der Waals surface area contributed by atoms with Crippen molar-refractivity contribution in [3.8, 4) is 0 Å². The maximum Gasteiger partial charge on any atom is 0.252 e. The largest absolute Gasteiger partial charge is 0.356 e. The van der Waals surface area contributed by atoms with Crippen LogP contribution >= 0.6 is 0 Å². The topological polar surface area (TPSA) is 61.0 Å². The second kappa shape index (κ2) is 5.33. The van der Waals surface area contributed by atoms with Crippen LogP contribution < -0.4 is 15.8 Å². The molecule has 0 radical (unpaired) electrons. The van der Waals surface area contributed by atoms with Gasteiger partial charge in [-0.25, -0.2) is 4.98 Å². The van der Waals surface area contributed by atoms with E-state index < -0.39 is 0 Å². The van der Waals surface area contributed by atoms with E-state index in [1.165, 1.54) is 6.42 Å². The van der Waals surface area contributed by atoms with Gasteiger partial charge in [-0.2, -0.15) is 0 Å². The molecule has 1 saturated heterocycles. The fraction of sp³-hybridized carbons (Fsp3) is 0.714. The van der Waals surface area contributed by atoms with Gasteiger partial charge in [0.05, 0.1) is 0 Å². The van der Waals surface area contributed by atoms with Crippen LogP contribution in [0.5, 0.6) is 0 Å². The van der Waals surface area contributed by atoms with E-state index in [0.29, 0.717) is 12.0 Å². The molecular weight excluding hydrogens is 240 g/mol. The third-order valence-electron chi connectivity index (χ3n) is 4.16. The molecule has 0 aromatic carbocycles. The highest BCUT2D eigenvalue weighted by Crippen LogP contribution is 2.38. The van der Waals surface area contributed by atoms with E-state index in [2.05, 4.69) is 27.2 Å². The molecule has 5 nitrogen and oxygen atoms in total. The summed E-state index contributed by atoms with van der Waals surface area (Å²) in [5, 5.41) is 3.42. The Morgan fingerprint density at radius 2 is 2.11 bits per heavy atom. The summed E-state index contributed by atoms with van der Waals surface area (Å²) < 4.78 is 0. The number of hydrogen-bond acceptors (Lipinski definition) is 4. The number of hydrogen-bond donors (Lipinski definition) is 2. The first-order valence-electron chi connectivity index (χ1n) is 7.29. The van der Waals surface area contributed by atoms with Crippen molar-refractivity contribution >= 4 is 5.82 Å². The van der Waals surface area contributed by atoms with Gasteiger partial charge in [0.2, 0.25) is 0 Å². The molecule has 1 unspecified atom stereocenters. The SMILES string of the molecule is CN(c1cc(=O)[nH]c(C2CC2)n1)C1CCCNCC1. The van der Waals surface area contributed by atoms with Gasteiger partial charge in [0, 0.05) is 25.1 Å². The maximum absolute atomic E-state index is 11.8. The third kappa shape index (κ3) is 2.97. The second-order valence-corrected chi connectivity index (χ2v) is 5.71. The Balaban J connectivity index is 1.81. The molecule has 1 aliphatic carbocycles. The molecule has 2 heterocycles. The molecule has 5 heteroatoms. The highest BCUT2D eigenvalue weighted by atomic mass is 16.1. The predicted octanol–water partition coefficient (Wildman–Crippen LogP) is 1.23. The zero-order valence-electron chi connectivity index (χ0n) is 11.5. The maximum atomic E-state index is 11.8. The van der Waals surface area contributed by atoms with E-state index >= 15 is 0 Å². The molecule has 1 saturated carbocycles. The lowest BCUT2D eigenvalue weighted by Gasteiger charge is -2.28. The van der Waals surface area contributed by atoms with Crippen LogP contribution in [-0.2, 0) is 0 Å². The number of nitrogens with zero attached hydrogens (tertiary/aromatic N) is 2. The molecular formula is C14H22N4O. The van der Waals surface area contributed by atoms with Gasteiger partial charge in [0.25, 0.3) is 5.56 Å². The summed E-state index contributed by atoms with van der Waals surface area (Å²) in [5.41, 5.74) is -0.0227. The quantitative estimate of drug-likeness (QED) is 0.860. The lowest BCUT2D eigenvalue weighted by Crippen LogP contribution is -2.34. The Kier molecular flexibility index (Phi) is 3.55. The molecule has 2 fully saturated rings. The van der Waals surface area contributed by atoms with E-state index in [9.17, 15) is 4.79 Å². The van der Waals surface area contributed by atoms with Crippen molar-refractivity contribution in [2.45, 2.75) is 44.1 Å². The molecule has 1 aliphatic heterocycles. The third-order valence-corrected chi connectivity index (χ3v) is 4.16. The standard InChI is InChI=1S/C14H22N4O/c1-18(11-3-2-7-15-8-6-11)12-9-13(19)17-14(16-12)10-4-5-10/h9-11,15H,2-8H2,1H3,(H,16,17,19). The van der Waals surface area contributed by atoms with Gasteiger partial charge in [0.15, 0.2) is 0 Å². The summed E-state index contributed by atoms with van der Waals surface area (Å²) in [4.78, 5) is 21.5. The van der Waals surface area contributed by atoms with Crippen LogP contribution in [0.2, 0.25) is 0 Å². The first kappa shape index (κ1) is 12.7. The molecule has 0 bridgehead atoms. The van der Waals surface area contributed by atoms with E-state index in [4.69, 9.17) is 0 Å². The molecule has 104 valence electrons. The molecule has 1 aromatic rings. The molecule has 1 atom stereocenters. The van der Waals surface area contributed by atoms with Crippen LogP contribution in [0.1, 0.15) is 43.8 Å². The number of aromatic nitrogens is 2. The Bertz CT molecular complexity index is 486. The van der Waals surface area contributed by atoms with Gasteiger partial charge in [-0.15, -0.1) is 0 Å². The van der Waals surface area contributed by atoms with Crippen molar-refractivity contribution in [2.75, 3.05) is 25.0 Å². The average Bonchev–Trinajstić information content (AvgIpc) is 3.23. The summed E-state index contributed by atoms with van der Waals surface area (Å²) in [6, 6.07) is 2.11. The minimum absolute atomic E-state index is 0.0227. The molecule has 2 aliphatic rings. The van der Waals surface area contributed by atoms with E-state index in [1.54, 1.807) is 6.07 Å². The van der Waals surface area contributed by atoms with Gasteiger partial charge in [-0.3, -0.25) is 4.79 Å². The van der Waals surface area contributed by atoms with Crippen molar-refractivity contribution in [2.24, 2.45) is 0 Å². The lowest BCUT2D eigenvalue weighted by molar-refractivity contribution is 0.561. The Morgan fingerprint density at radius 1 is 1.26 bits per heavy atom. The van der Waals surface area contributed by atoms with Crippen molar-refractivity contribution in [3.63, 3.8) is 0 Å². The van der Waals surface area contributed by atoms with Crippen molar-refractivity contribution < 1.29 is 0 Å². The van der Waals surface area contributed by atoms with Crippen molar-refractivity contribution in [3.05, 3.63) is 22.2 Å². The van der Waals surface area contributed by atoms with Gasteiger partial charge in [-0.05, 0) is 45.2 Å². The molecule has 0 amide bonds. The first-order chi connectivity index (χ1) is 9.24. The number of rotatable bonds is 3. The highest BCUT2D eigenvalue weighted by molar-refractivity contribution is 5.38. The second-order valence-electron chi connectivity index (χ2n) is 5.71. The molecule has 19 heavy (non-hydrogen) atoms. The number of aromatic amines is 1. The monoisotopic (exact) mass is 262 g/mol. The Hall–Kier alpha value is -1.36. The molecule has 2 N–H and O–H groups in total. The van der Waals surface area contributed by atoms with Crippen LogP contribution in [0.4, 0.5) is 5.82 Å². The zero-order valence-corrected chi connectivity index (χ0v) is 11.5. The summed E-state index contributed by atoms with van der Waals surface area (Å²) in [5.74, 6) is 2.19. The molecule has 1 aromatic heterocycles. The smallest absolute Gasteiger partial charge is 0.252 e. The van der Waals surface area contributed by atoms with E-state index in [1.807, 2.05) is 0 Å². The highest BCUT2D eigenvalue weighted by Gasteiger charge is 2.27. The number of H-pyrrole nitrogens is 1. The van der Waals surface area contributed by atoms with Crippen molar-refractivity contribution in [1.82, 2.24) is 15.3 Å². The minimum atomic E-state index is -0.0227. The summed E-state index contributed by atoms with van der Waals surface area (Å²) in [6.45, 7) is 2.15. The fourth-order valence-corrected chi connectivity index (χ4v) is 2.77. The minimum Gasteiger partial charge on any atom is -0.356 e. The van der Waals surface area contributed by atoms with Crippen LogP contribution in [0.25, 0.3) is 0 Å². The molecule has 0 spiro atoms. The average molecular weight is 262 g/mol. The predicted molar refractivity (Wildman–Crippen MR) is 75.7 cm³/mol. The van der Waals surface area contributed by atoms with Crippen LogP contribution in [-0.4, -0.2) is 36.1 Å². The Morgan fingerprint density at radius 3 is 2.89 bits per heavy atom. The number of anilines is 1. The van der Waals surface area contributed by atoms with Crippen molar-refractivity contribution in [1.29, 1.82) is 0 Å². The van der Waals surface area contributed by atoms with E-state index in [0.717, 1.165) is 50.4 Å². The van der Waals surface area contributed by atoms with Gasteiger partial charge < -0.3 is 15.2 Å². The van der Waals surface area contributed by atoms with Gasteiger partial charge in [-0.1, -0.05) is 0 Å². The summed E-state index contributed by atoms with van der Waals surface area (Å²) >= 11 is 0. The number of nitrogens with one attached hydrogen (secondary N) is 2. The zero-order chi connectivity index (χ0) is 13.2. The Labute approximate surface area is 113 Å². The van der Waals surface area contributed by atoms with Crippen LogP contribution in [0.3, 0.4) is 0 Å². The van der Waals surface area contributed by atoms with Gasteiger partial charge >= 0.3 is 0 Å². The lowest BCUT2D eigenvalue weighted by atomic mass is 10.1. The summed E-state index contributed by atoms with van der Waals surface area (Å²) in [6.07, 6.45) is 5.78. The molecule has 3 rings (SSSR count). The normalized spacial score (nSPS) is 23.9. The van der Waals surface area contributed by atoms with E-state index in [-0.39, 0.29) is 5.56 Å². The van der Waals surface area contributed by atoms with Gasteiger partial charge in [0.1, 0.15) is 11.6 Å². The fourth-order valence-electron chi connectivity index (χ4n) is 2.77. The van der Waals surface area contributed by atoms with Crippen LogP contribution in [0.15, 0.2) is 10.9 Å². The van der Waals surface area contributed by atoms with Crippen LogP contribution in [0, 0.1) is 0 Å². The summed E-state index contributed by atoms with van der Waals surface area (Å²) in [7, 11) is 2.06. The first-order valence-corrected chi connectivity index (χ1v) is 7.29.